The van der Waals surface area contributed by atoms with E-state index in [9.17, 15) is 0 Å². The molecular weight excluding hydrogens is 184 g/mol. The van der Waals surface area contributed by atoms with Crippen molar-refractivity contribution in [2.45, 2.75) is 38.0 Å². The smallest absolute Gasteiger partial charge is 0.0852 e. The predicted octanol–water partition coefficient (Wildman–Crippen LogP) is 4.45. The van der Waals surface area contributed by atoms with Crippen LogP contribution in [0, 0.1) is 0 Å². The molecule has 80 valence electrons. The third kappa shape index (κ3) is 2.65. The maximum atomic E-state index is 4.02. The molecule has 0 N–H and O–H groups in total. The third-order valence-electron chi connectivity index (χ3n) is 3.19. The Kier molecular flexibility index (Phi) is 3.49. The highest BCUT2D eigenvalue weighted by Gasteiger charge is 2.14. The van der Waals surface area contributed by atoms with Crippen LogP contribution in [0.5, 0.6) is 0 Å². The van der Waals surface area contributed by atoms with Crippen molar-refractivity contribution in [3.05, 3.63) is 29.8 Å². The van der Waals surface area contributed by atoms with Crippen LogP contribution in [0.1, 0.15) is 43.6 Å². The average molecular weight is 202 g/mol. The van der Waals surface area contributed by atoms with Gasteiger partial charge in [0.15, 0.2) is 0 Å². The van der Waals surface area contributed by atoms with Crippen molar-refractivity contribution >= 4 is 5.69 Å². The van der Waals surface area contributed by atoms with Crippen LogP contribution in [0.25, 0.3) is 0 Å². The second-order valence-corrected chi connectivity index (χ2v) is 4.23. The quantitative estimate of drug-likeness (QED) is 0.633. The first-order valence-electron chi connectivity index (χ1n) is 5.80. The van der Waals surface area contributed by atoms with E-state index in [2.05, 4.69) is 34.5 Å². The van der Waals surface area contributed by atoms with Crippen LogP contribution in [0.3, 0.4) is 0 Å². The first-order chi connectivity index (χ1) is 7.40. The van der Waals surface area contributed by atoms with E-state index in [-0.39, 0.29) is 0 Å². The molecule has 0 spiro atoms. The molecule has 15 heavy (non-hydrogen) atoms. The lowest BCUT2D eigenvalue weighted by atomic mass is 9.84. The topological polar surface area (TPSA) is 24.7 Å². The number of rotatable bonds is 2. The average Bonchev–Trinajstić information content (AvgIpc) is 2.32. The van der Waals surface area contributed by atoms with Gasteiger partial charge < -0.3 is 0 Å². The van der Waals surface area contributed by atoms with Crippen LogP contribution in [-0.4, -0.2) is 7.05 Å². The Hall–Kier alpha value is -1.18. The minimum absolute atomic E-state index is 0.784. The Morgan fingerprint density at radius 1 is 1.00 bits per heavy atom. The molecule has 2 rings (SSSR count). The van der Waals surface area contributed by atoms with E-state index in [1.807, 2.05) is 0 Å². The first-order valence-corrected chi connectivity index (χ1v) is 5.80. The zero-order valence-electron chi connectivity index (χ0n) is 9.32. The molecule has 0 aliphatic heterocycles. The van der Waals surface area contributed by atoms with Gasteiger partial charge in [-0.15, -0.1) is 0 Å². The standard InChI is InChI=1S/C13H18N2/c1-14-15-13-9-7-12(8-10-13)11-5-3-2-4-6-11/h7-11H,2-6H2,1H3. The Labute approximate surface area is 91.4 Å². The first kappa shape index (κ1) is 10.3. The van der Waals surface area contributed by atoms with Crippen LogP contribution in [0.15, 0.2) is 34.5 Å². The minimum atomic E-state index is 0.784. The summed E-state index contributed by atoms with van der Waals surface area (Å²) < 4.78 is 0. The van der Waals surface area contributed by atoms with Crippen molar-refractivity contribution in [1.82, 2.24) is 0 Å². The third-order valence-corrected chi connectivity index (χ3v) is 3.19. The van der Waals surface area contributed by atoms with Gasteiger partial charge in [-0.3, -0.25) is 0 Å². The summed E-state index contributed by atoms with van der Waals surface area (Å²) in [4.78, 5) is 0. The number of hydrogen-bond donors (Lipinski definition) is 0. The molecule has 1 aliphatic rings. The van der Waals surface area contributed by atoms with Crippen LogP contribution in [0.4, 0.5) is 5.69 Å². The molecule has 1 aromatic rings. The molecular formula is C13H18N2. The molecule has 0 unspecified atom stereocenters. The molecule has 0 aromatic heterocycles. The summed E-state index contributed by atoms with van der Waals surface area (Å²) in [6.07, 6.45) is 6.91. The number of azo groups is 1. The lowest BCUT2D eigenvalue weighted by Gasteiger charge is -2.21. The summed E-state index contributed by atoms with van der Waals surface area (Å²) >= 11 is 0. The van der Waals surface area contributed by atoms with Gasteiger partial charge in [0.25, 0.3) is 0 Å². The van der Waals surface area contributed by atoms with Crippen molar-refractivity contribution in [2.24, 2.45) is 10.2 Å². The van der Waals surface area contributed by atoms with E-state index in [0.717, 1.165) is 11.6 Å². The van der Waals surface area contributed by atoms with E-state index in [1.165, 1.54) is 37.7 Å². The van der Waals surface area contributed by atoms with E-state index in [1.54, 1.807) is 7.05 Å². The summed E-state index contributed by atoms with van der Waals surface area (Å²) in [5.74, 6) is 0.784. The van der Waals surface area contributed by atoms with E-state index in [0.29, 0.717) is 0 Å². The van der Waals surface area contributed by atoms with Gasteiger partial charge in [-0.25, -0.2) is 0 Å². The maximum Gasteiger partial charge on any atom is 0.0852 e. The maximum absolute atomic E-state index is 4.02. The molecule has 1 aliphatic carbocycles. The molecule has 1 fully saturated rings. The Morgan fingerprint density at radius 3 is 2.27 bits per heavy atom. The molecule has 0 atom stereocenters. The zero-order valence-corrected chi connectivity index (χ0v) is 9.32. The highest BCUT2D eigenvalue weighted by Crippen LogP contribution is 2.33. The molecule has 1 saturated carbocycles. The van der Waals surface area contributed by atoms with Gasteiger partial charge in [0.2, 0.25) is 0 Å². The lowest BCUT2D eigenvalue weighted by molar-refractivity contribution is 0.443. The van der Waals surface area contributed by atoms with Gasteiger partial charge >= 0.3 is 0 Å². The van der Waals surface area contributed by atoms with Crippen LogP contribution >= 0.6 is 0 Å². The highest BCUT2D eigenvalue weighted by molar-refractivity contribution is 5.39. The van der Waals surface area contributed by atoms with Crippen LogP contribution < -0.4 is 0 Å². The summed E-state index contributed by atoms with van der Waals surface area (Å²) in [7, 11) is 1.70. The monoisotopic (exact) mass is 202 g/mol. The fraction of sp³-hybridized carbons (Fsp3) is 0.538. The van der Waals surface area contributed by atoms with Gasteiger partial charge in [0, 0.05) is 7.05 Å². The van der Waals surface area contributed by atoms with Crippen molar-refractivity contribution in [1.29, 1.82) is 0 Å². The lowest BCUT2D eigenvalue weighted by Crippen LogP contribution is -2.03. The molecule has 0 bridgehead atoms. The van der Waals surface area contributed by atoms with Gasteiger partial charge in [-0.05, 0) is 36.5 Å². The molecule has 0 amide bonds. The van der Waals surface area contributed by atoms with Crippen LogP contribution in [-0.2, 0) is 0 Å². The fourth-order valence-electron chi connectivity index (χ4n) is 2.36. The molecule has 0 saturated heterocycles. The number of hydrogen-bond acceptors (Lipinski definition) is 2. The van der Waals surface area contributed by atoms with Crippen molar-refractivity contribution in [3.63, 3.8) is 0 Å². The Morgan fingerprint density at radius 2 is 1.67 bits per heavy atom. The number of benzene rings is 1. The summed E-state index contributed by atoms with van der Waals surface area (Å²) in [5.41, 5.74) is 2.43. The van der Waals surface area contributed by atoms with Crippen molar-refractivity contribution < 1.29 is 0 Å². The fourth-order valence-corrected chi connectivity index (χ4v) is 2.36. The zero-order chi connectivity index (χ0) is 10.5. The van der Waals surface area contributed by atoms with Gasteiger partial charge in [-0.1, -0.05) is 31.4 Å². The molecule has 2 heteroatoms. The van der Waals surface area contributed by atoms with Crippen molar-refractivity contribution in [3.8, 4) is 0 Å². The van der Waals surface area contributed by atoms with Crippen LogP contribution in [0.2, 0.25) is 0 Å². The molecule has 0 heterocycles. The van der Waals surface area contributed by atoms with E-state index < -0.39 is 0 Å². The summed E-state index contributed by atoms with van der Waals surface area (Å²) in [6, 6.07) is 8.55. The Balaban J connectivity index is 2.08. The molecule has 2 nitrogen and oxygen atoms in total. The summed E-state index contributed by atoms with van der Waals surface area (Å²) in [6.45, 7) is 0. The molecule has 1 aromatic carbocycles. The van der Waals surface area contributed by atoms with E-state index in [4.69, 9.17) is 0 Å². The second kappa shape index (κ2) is 5.06. The highest BCUT2D eigenvalue weighted by atomic mass is 15.1. The van der Waals surface area contributed by atoms with Gasteiger partial charge in [0.1, 0.15) is 0 Å². The Bertz CT molecular complexity index is 321. The van der Waals surface area contributed by atoms with E-state index >= 15 is 0 Å². The summed E-state index contributed by atoms with van der Waals surface area (Å²) in [5, 5.41) is 7.79. The SMILES string of the molecule is CN=Nc1ccc(C2CCCCC2)cc1. The predicted molar refractivity (Wildman–Crippen MR) is 62.7 cm³/mol. The van der Waals surface area contributed by atoms with Crippen molar-refractivity contribution in [2.75, 3.05) is 7.05 Å². The van der Waals surface area contributed by atoms with Gasteiger partial charge in [-0.2, -0.15) is 10.2 Å². The van der Waals surface area contributed by atoms with Gasteiger partial charge in [0.05, 0.1) is 5.69 Å². The molecule has 0 radical (unpaired) electrons. The minimum Gasteiger partial charge on any atom is -0.192 e. The normalized spacial score (nSPS) is 18.5. The largest absolute Gasteiger partial charge is 0.192 e. The second-order valence-electron chi connectivity index (χ2n) is 4.23. The number of nitrogens with zero attached hydrogens (tertiary/aromatic N) is 2.